The van der Waals surface area contributed by atoms with Crippen LogP contribution in [0.5, 0.6) is 0 Å². The van der Waals surface area contributed by atoms with E-state index in [9.17, 15) is 9.90 Å². The van der Waals surface area contributed by atoms with E-state index in [1.807, 2.05) is 30.3 Å². The lowest BCUT2D eigenvalue weighted by molar-refractivity contribution is -0.159. The highest BCUT2D eigenvalue weighted by Gasteiger charge is 2.49. The zero-order chi connectivity index (χ0) is 15.0. The van der Waals surface area contributed by atoms with Gasteiger partial charge >= 0.3 is 5.97 Å². The molecule has 0 amide bonds. The number of ether oxygens (including phenoxy) is 1. The standard InChI is InChI=1S/C17H23NO3/c1-11(19)21-15-10-13-8-9-14(18(13)2)16(15)17(20)12-6-4-3-5-7-12/h3-7,13-17,20H,8-10H2,1-2H3/t13?,14?,15-,16+,17?/m1/s1. The number of rotatable bonds is 3. The Bertz CT molecular complexity index is 504. The number of nitrogens with zero attached hydrogens (tertiary/aromatic N) is 1. The molecule has 1 aromatic rings. The first kappa shape index (κ1) is 14.5. The Morgan fingerprint density at radius 1 is 1.33 bits per heavy atom. The predicted octanol–water partition coefficient (Wildman–Crippen LogP) is 2.13. The molecule has 2 saturated heterocycles. The van der Waals surface area contributed by atoms with Crippen molar-refractivity contribution in [1.29, 1.82) is 0 Å². The van der Waals surface area contributed by atoms with Gasteiger partial charge < -0.3 is 9.84 Å². The molecule has 114 valence electrons. The predicted molar refractivity (Wildman–Crippen MR) is 79.6 cm³/mol. The van der Waals surface area contributed by atoms with Gasteiger partial charge in [-0.15, -0.1) is 0 Å². The molecular formula is C17H23NO3. The van der Waals surface area contributed by atoms with Crippen LogP contribution in [0.2, 0.25) is 0 Å². The summed E-state index contributed by atoms with van der Waals surface area (Å²) in [4.78, 5) is 13.8. The van der Waals surface area contributed by atoms with Gasteiger partial charge in [0.25, 0.3) is 0 Å². The summed E-state index contributed by atoms with van der Waals surface area (Å²) >= 11 is 0. The SMILES string of the molecule is CC(=O)O[C@@H]1CC2CCC([C@@H]1C(O)c1ccccc1)N2C. The van der Waals surface area contributed by atoms with Gasteiger partial charge in [-0.25, -0.2) is 0 Å². The van der Waals surface area contributed by atoms with Crippen molar-refractivity contribution in [3.63, 3.8) is 0 Å². The van der Waals surface area contributed by atoms with Gasteiger partial charge in [-0.3, -0.25) is 9.69 Å². The fraction of sp³-hybridized carbons (Fsp3) is 0.588. The summed E-state index contributed by atoms with van der Waals surface area (Å²) in [5.41, 5.74) is 0.901. The van der Waals surface area contributed by atoms with Crippen LogP contribution < -0.4 is 0 Å². The zero-order valence-corrected chi connectivity index (χ0v) is 12.6. The molecule has 21 heavy (non-hydrogen) atoms. The molecule has 2 bridgehead atoms. The van der Waals surface area contributed by atoms with Crippen LogP contribution in [0.25, 0.3) is 0 Å². The summed E-state index contributed by atoms with van der Waals surface area (Å²) in [5, 5.41) is 10.8. The van der Waals surface area contributed by atoms with Gasteiger partial charge in [-0.2, -0.15) is 0 Å². The van der Waals surface area contributed by atoms with Crippen molar-refractivity contribution in [3.8, 4) is 0 Å². The number of carbonyl (C=O) groups excluding carboxylic acids is 1. The molecule has 5 atom stereocenters. The number of aliphatic hydroxyl groups excluding tert-OH is 1. The van der Waals surface area contributed by atoms with Crippen molar-refractivity contribution in [2.75, 3.05) is 7.05 Å². The van der Waals surface area contributed by atoms with Crippen LogP contribution in [0.1, 0.15) is 37.9 Å². The van der Waals surface area contributed by atoms with E-state index in [1.165, 1.54) is 6.92 Å². The van der Waals surface area contributed by atoms with Crippen LogP contribution in [0, 0.1) is 5.92 Å². The quantitative estimate of drug-likeness (QED) is 0.866. The summed E-state index contributed by atoms with van der Waals surface area (Å²) in [6.45, 7) is 1.45. The molecule has 2 heterocycles. The summed E-state index contributed by atoms with van der Waals surface area (Å²) in [5.74, 6) is -0.311. The third kappa shape index (κ3) is 2.70. The van der Waals surface area contributed by atoms with E-state index in [0.717, 1.165) is 24.8 Å². The minimum Gasteiger partial charge on any atom is -0.462 e. The van der Waals surface area contributed by atoms with Crippen molar-refractivity contribution in [1.82, 2.24) is 4.90 Å². The lowest BCUT2D eigenvalue weighted by Crippen LogP contribution is -2.52. The lowest BCUT2D eigenvalue weighted by Gasteiger charge is -2.44. The Kier molecular flexibility index (Phi) is 4.00. The molecule has 3 unspecified atom stereocenters. The van der Waals surface area contributed by atoms with E-state index < -0.39 is 6.10 Å². The highest BCUT2D eigenvalue weighted by molar-refractivity contribution is 5.66. The van der Waals surface area contributed by atoms with Crippen LogP contribution in [0.4, 0.5) is 0 Å². The maximum Gasteiger partial charge on any atom is 0.302 e. The van der Waals surface area contributed by atoms with Crippen LogP contribution in [-0.2, 0) is 9.53 Å². The van der Waals surface area contributed by atoms with Gasteiger partial charge in [0.05, 0.1) is 6.10 Å². The second kappa shape index (κ2) is 5.78. The number of hydrogen-bond donors (Lipinski definition) is 1. The highest BCUT2D eigenvalue weighted by atomic mass is 16.5. The first-order valence-electron chi connectivity index (χ1n) is 7.70. The number of esters is 1. The highest BCUT2D eigenvalue weighted by Crippen LogP contribution is 2.44. The normalized spacial score (nSPS) is 33.7. The summed E-state index contributed by atoms with van der Waals surface area (Å²) in [7, 11) is 2.12. The molecular weight excluding hydrogens is 266 g/mol. The Balaban J connectivity index is 1.88. The van der Waals surface area contributed by atoms with E-state index in [0.29, 0.717) is 6.04 Å². The first-order valence-corrected chi connectivity index (χ1v) is 7.70. The van der Waals surface area contributed by atoms with Crippen LogP contribution in [0.3, 0.4) is 0 Å². The molecule has 4 heteroatoms. The van der Waals surface area contributed by atoms with Gasteiger partial charge in [0.2, 0.25) is 0 Å². The molecule has 0 spiro atoms. The van der Waals surface area contributed by atoms with Crippen molar-refractivity contribution in [2.45, 2.75) is 50.5 Å². The average molecular weight is 289 g/mol. The van der Waals surface area contributed by atoms with Crippen molar-refractivity contribution >= 4 is 5.97 Å². The topological polar surface area (TPSA) is 49.8 Å². The Morgan fingerprint density at radius 2 is 2.05 bits per heavy atom. The molecule has 0 aromatic heterocycles. The first-order chi connectivity index (χ1) is 10.1. The number of aliphatic hydroxyl groups is 1. The molecule has 0 saturated carbocycles. The Labute approximate surface area is 125 Å². The molecule has 2 fully saturated rings. The second-order valence-corrected chi connectivity index (χ2v) is 6.28. The minimum atomic E-state index is -0.595. The van der Waals surface area contributed by atoms with Gasteiger partial charge in [0.15, 0.2) is 0 Å². The van der Waals surface area contributed by atoms with E-state index in [2.05, 4.69) is 11.9 Å². The van der Waals surface area contributed by atoms with E-state index >= 15 is 0 Å². The lowest BCUT2D eigenvalue weighted by atomic mass is 9.80. The van der Waals surface area contributed by atoms with Gasteiger partial charge in [-0.05, 0) is 25.5 Å². The van der Waals surface area contributed by atoms with Crippen molar-refractivity contribution in [3.05, 3.63) is 35.9 Å². The number of hydrogen-bond acceptors (Lipinski definition) is 4. The number of fused-ring (bicyclic) bond motifs is 2. The van der Waals surface area contributed by atoms with Gasteiger partial charge in [0, 0.05) is 31.3 Å². The van der Waals surface area contributed by atoms with E-state index in [-0.39, 0.29) is 24.0 Å². The summed E-state index contributed by atoms with van der Waals surface area (Å²) in [6.07, 6.45) is 2.22. The molecule has 1 aromatic carbocycles. The molecule has 0 aliphatic carbocycles. The Morgan fingerprint density at radius 3 is 2.71 bits per heavy atom. The third-order valence-electron chi connectivity index (χ3n) is 5.10. The summed E-state index contributed by atoms with van der Waals surface area (Å²) in [6, 6.07) is 10.4. The molecule has 2 aliphatic heterocycles. The van der Waals surface area contributed by atoms with E-state index in [4.69, 9.17) is 4.74 Å². The zero-order valence-electron chi connectivity index (χ0n) is 12.6. The average Bonchev–Trinajstić information content (AvgIpc) is 2.71. The summed E-state index contributed by atoms with van der Waals surface area (Å²) < 4.78 is 5.55. The maximum absolute atomic E-state index is 11.4. The third-order valence-corrected chi connectivity index (χ3v) is 5.10. The number of piperidine rings is 1. The monoisotopic (exact) mass is 289 g/mol. The fourth-order valence-electron chi connectivity index (χ4n) is 4.09. The smallest absolute Gasteiger partial charge is 0.302 e. The minimum absolute atomic E-state index is 0.0555. The van der Waals surface area contributed by atoms with Crippen LogP contribution in [0.15, 0.2) is 30.3 Å². The number of carbonyl (C=O) groups is 1. The largest absolute Gasteiger partial charge is 0.462 e. The molecule has 0 radical (unpaired) electrons. The van der Waals surface area contributed by atoms with Crippen LogP contribution >= 0.6 is 0 Å². The van der Waals surface area contributed by atoms with Gasteiger partial charge in [0.1, 0.15) is 6.10 Å². The fourth-order valence-corrected chi connectivity index (χ4v) is 4.09. The molecule has 2 aliphatic rings. The second-order valence-electron chi connectivity index (χ2n) is 6.28. The van der Waals surface area contributed by atoms with Gasteiger partial charge in [-0.1, -0.05) is 30.3 Å². The Hall–Kier alpha value is -1.39. The molecule has 1 N–H and O–H groups in total. The van der Waals surface area contributed by atoms with E-state index in [1.54, 1.807) is 0 Å². The molecule has 3 rings (SSSR count). The van der Waals surface area contributed by atoms with Crippen molar-refractivity contribution < 1.29 is 14.6 Å². The molecule has 4 nitrogen and oxygen atoms in total. The van der Waals surface area contributed by atoms with Crippen LogP contribution in [-0.4, -0.2) is 41.2 Å². The number of benzene rings is 1. The van der Waals surface area contributed by atoms with Crippen molar-refractivity contribution in [2.24, 2.45) is 5.92 Å². The maximum atomic E-state index is 11.4.